The van der Waals surface area contributed by atoms with Gasteiger partial charge in [0.15, 0.2) is 0 Å². The van der Waals surface area contributed by atoms with Gasteiger partial charge in [0.2, 0.25) is 0 Å². The predicted molar refractivity (Wildman–Crippen MR) is 95.8 cm³/mol. The minimum atomic E-state index is -0.430. The molecule has 0 radical (unpaired) electrons. The normalized spacial score (nSPS) is 17.5. The Balaban J connectivity index is 2.32. The molecule has 0 atom stereocenters. The van der Waals surface area contributed by atoms with E-state index in [2.05, 4.69) is 31.0 Å². The predicted octanol–water partition coefficient (Wildman–Crippen LogP) is 3.10. The number of amides is 1. The summed E-state index contributed by atoms with van der Waals surface area (Å²) in [6, 6.07) is 1.22. The number of piperidine rings is 1. The molecule has 0 aromatic rings. The fourth-order valence-electron chi connectivity index (χ4n) is 2.91. The van der Waals surface area contributed by atoms with E-state index in [0.29, 0.717) is 18.6 Å². The molecule has 1 saturated heterocycles. The van der Waals surface area contributed by atoms with E-state index >= 15 is 0 Å². The molecule has 0 aromatic carbocycles. The van der Waals surface area contributed by atoms with Gasteiger partial charge in [-0.05, 0) is 67.0 Å². The fraction of sp³-hybridized carbons (Fsp3) is 0.944. The van der Waals surface area contributed by atoms with Gasteiger partial charge in [0.25, 0.3) is 0 Å². The third kappa shape index (κ3) is 8.02. The minimum absolute atomic E-state index is 0.198. The van der Waals surface area contributed by atoms with Crippen LogP contribution in [0.1, 0.15) is 60.8 Å². The summed E-state index contributed by atoms with van der Waals surface area (Å²) in [5.41, 5.74) is -0.430. The van der Waals surface area contributed by atoms with Crippen LogP contribution in [0.25, 0.3) is 0 Å². The van der Waals surface area contributed by atoms with Crippen LogP contribution >= 0.6 is 0 Å². The monoisotopic (exact) mass is 327 g/mol. The topological polar surface area (TPSA) is 44.8 Å². The first kappa shape index (κ1) is 20.2. The zero-order valence-electron chi connectivity index (χ0n) is 16.0. The van der Waals surface area contributed by atoms with Gasteiger partial charge in [-0.15, -0.1) is 0 Å². The number of hydrogen-bond donors (Lipinski definition) is 1. The Morgan fingerprint density at radius 3 is 2.35 bits per heavy atom. The summed E-state index contributed by atoms with van der Waals surface area (Å²) < 4.78 is 5.49. The maximum atomic E-state index is 12.2. The minimum Gasteiger partial charge on any atom is -0.444 e. The number of nitrogens with one attached hydrogen (secondary N) is 1. The molecule has 0 aliphatic carbocycles. The number of nitrogens with zero attached hydrogens (tertiary/aromatic N) is 2. The van der Waals surface area contributed by atoms with Crippen molar-refractivity contribution in [3.8, 4) is 0 Å². The van der Waals surface area contributed by atoms with Crippen molar-refractivity contribution < 1.29 is 9.53 Å². The van der Waals surface area contributed by atoms with Gasteiger partial charge in [-0.25, -0.2) is 4.79 Å². The second-order valence-electron chi connectivity index (χ2n) is 7.83. The van der Waals surface area contributed by atoms with E-state index in [1.807, 2.05) is 25.7 Å². The fourth-order valence-corrected chi connectivity index (χ4v) is 2.91. The average Bonchev–Trinajstić information content (AvgIpc) is 2.45. The summed E-state index contributed by atoms with van der Waals surface area (Å²) in [6.45, 7) is 17.0. The summed E-state index contributed by atoms with van der Waals surface area (Å²) in [5, 5.41) is 3.61. The lowest BCUT2D eigenvalue weighted by Gasteiger charge is -2.35. The van der Waals surface area contributed by atoms with Crippen LogP contribution in [-0.2, 0) is 4.74 Å². The van der Waals surface area contributed by atoms with E-state index in [9.17, 15) is 4.79 Å². The molecular weight excluding hydrogens is 290 g/mol. The second-order valence-corrected chi connectivity index (χ2v) is 7.83. The molecule has 0 unspecified atom stereocenters. The molecule has 0 spiro atoms. The van der Waals surface area contributed by atoms with Crippen LogP contribution in [0.3, 0.4) is 0 Å². The Morgan fingerprint density at radius 1 is 1.26 bits per heavy atom. The molecule has 5 nitrogen and oxygen atoms in total. The van der Waals surface area contributed by atoms with Gasteiger partial charge in [0.1, 0.15) is 5.60 Å². The molecule has 1 fully saturated rings. The largest absolute Gasteiger partial charge is 0.444 e. The van der Waals surface area contributed by atoms with Gasteiger partial charge in [-0.3, -0.25) is 0 Å². The van der Waals surface area contributed by atoms with Crippen molar-refractivity contribution in [1.82, 2.24) is 15.1 Å². The Kier molecular flexibility index (Phi) is 8.34. The maximum Gasteiger partial charge on any atom is 0.410 e. The molecule has 1 heterocycles. The quantitative estimate of drug-likeness (QED) is 0.780. The van der Waals surface area contributed by atoms with Crippen LogP contribution in [0.4, 0.5) is 4.79 Å². The molecular formula is C18H37N3O2. The Hall–Kier alpha value is -0.810. The zero-order valence-corrected chi connectivity index (χ0v) is 16.0. The molecule has 1 aliphatic heterocycles. The average molecular weight is 328 g/mol. The zero-order chi connectivity index (χ0) is 17.5. The molecule has 0 aromatic heterocycles. The van der Waals surface area contributed by atoms with Crippen molar-refractivity contribution in [1.29, 1.82) is 0 Å². The summed E-state index contributed by atoms with van der Waals surface area (Å²) >= 11 is 0. The highest BCUT2D eigenvalue weighted by molar-refractivity contribution is 5.68. The lowest BCUT2D eigenvalue weighted by atomic mass is 10.0. The lowest BCUT2D eigenvalue weighted by Crippen LogP contribution is -2.47. The Morgan fingerprint density at radius 2 is 1.87 bits per heavy atom. The van der Waals surface area contributed by atoms with Gasteiger partial charge in [0, 0.05) is 31.7 Å². The molecule has 23 heavy (non-hydrogen) atoms. The van der Waals surface area contributed by atoms with Crippen LogP contribution in [0.2, 0.25) is 0 Å². The van der Waals surface area contributed by atoms with E-state index in [4.69, 9.17) is 4.74 Å². The highest BCUT2D eigenvalue weighted by atomic mass is 16.6. The number of hydrogen-bond acceptors (Lipinski definition) is 4. The smallest absolute Gasteiger partial charge is 0.410 e. The third-order valence-electron chi connectivity index (χ3n) is 4.22. The van der Waals surface area contributed by atoms with E-state index in [1.165, 1.54) is 25.9 Å². The van der Waals surface area contributed by atoms with Crippen molar-refractivity contribution in [2.24, 2.45) is 0 Å². The first-order valence-corrected chi connectivity index (χ1v) is 9.18. The maximum absolute atomic E-state index is 12.2. The number of carbonyl (C=O) groups is 1. The van der Waals surface area contributed by atoms with Crippen molar-refractivity contribution in [2.75, 3.05) is 32.7 Å². The standard InChI is InChI=1S/C18H37N3O2/c1-7-11-21(17(22)23-18(4,5)6)14-10-19-16-8-12-20(13-9-16)15(2)3/h15-16,19H,7-14H2,1-6H3. The van der Waals surface area contributed by atoms with Gasteiger partial charge < -0.3 is 19.9 Å². The van der Waals surface area contributed by atoms with Gasteiger partial charge in [0.05, 0.1) is 0 Å². The first-order chi connectivity index (χ1) is 10.7. The second kappa shape index (κ2) is 9.48. The van der Waals surface area contributed by atoms with E-state index in [1.54, 1.807) is 0 Å². The SMILES string of the molecule is CCCN(CCNC1CCN(C(C)C)CC1)C(=O)OC(C)(C)C. The van der Waals surface area contributed by atoms with Crippen LogP contribution in [0.5, 0.6) is 0 Å². The number of ether oxygens (including phenoxy) is 1. The van der Waals surface area contributed by atoms with Crippen LogP contribution < -0.4 is 5.32 Å². The summed E-state index contributed by atoms with van der Waals surface area (Å²) in [6.07, 6.45) is 3.14. The molecule has 1 rings (SSSR count). The lowest BCUT2D eigenvalue weighted by molar-refractivity contribution is 0.0249. The Bertz CT molecular complexity index is 345. The highest BCUT2D eigenvalue weighted by Crippen LogP contribution is 2.13. The van der Waals surface area contributed by atoms with Crippen LogP contribution in [-0.4, -0.2) is 66.3 Å². The number of likely N-dealkylation sites (tertiary alicyclic amines) is 1. The van der Waals surface area contributed by atoms with E-state index < -0.39 is 5.60 Å². The first-order valence-electron chi connectivity index (χ1n) is 9.18. The van der Waals surface area contributed by atoms with Crippen molar-refractivity contribution in [3.05, 3.63) is 0 Å². The molecule has 136 valence electrons. The van der Waals surface area contributed by atoms with Crippen molar-refractivity contribution in [3.63, 3.8) is 0 Å². The number of carbonyl (C=O) groups excluding carboxylic acids is 1. The summed E-state index contributed by atoms with van der Waals surface area (Å²) in [4.78, 5) is 16.6. The third-order valence-corrected chi connectivity index (χ3v) is 4.22. The molecule has 5 heteroatoms. The van der Waals surface area contributed by atoms with Crippen molar-refractivity contribution >= 4 is 6.09 Å². The van der Waals surface area contributed by atoms with Crippen LogP contribution in [0, 0.1) is 0 Å². The molecule has 1 aliphatic rings. The van der Waals surface area contributed by atoms with Crippen LogP contribution in [0.15, 0.2) is 0 Å². The van der Waals surface area contributed by atoms with Gasteiger partial charge in [-0.1, -0.05) is 6.92 Å². The number of rotatable bonds is 7. The molecule has 1 N–H and O–H groups in total. The Labute approximate surface area is 142 Å². The van der Waals surface area contributed by atoms with Gasteiger partial charge in [-0.2, -0.15) is 0 Å². The van der Waals surface area contributed by atoms with E-state index in [0.717, 1.165) is 19.5 Å². The van der Waals surface area contributed by atoms with Gasteiger partial charge >= 0.3 is 6.09 Å². The molecule has 0 bridgehead atoms. The van der Waals surface area contributed by atoms with Crippen molar-refractivity contribution in [2.45, 2.75) is 78.5 Å². The van der Waals surface area contributed by atoms with E-state index in [-0.39, 0.29) is 6.09 Å². The molecule has 1 amide bonds. The molecule has 0 saturated carbocycles. The summed E-state index contributed by atoms with van der Waals surface area (Å²) in [5.74, 6) is 0. The highest BCUT2D eigenvalue weighted by Gasteiger charge is 2.23. The summed E-state index contributed by atoms with van der Waals surface area (Å²) in [7, 11) is 0.